The molecular formula is C31H46O4. The minimum Gasteiger partial charge on any atom is -0.458 e. The molecule has 1 spiro atoms. The van der Waals surface area contributed by atoms with Crippen LogP contribution in [0.3, 0.4) is 0 Å². The first-order chi connectivity index (χ1) is 16.5. The van der Waals surface area contributed by atoms with Gasteiger partial charge in [0.05, 0.1) is 6.10 Å². The number of ether oxygens (including phenoxy) is 3. The number of rotatable bonds is 2. The SMILES string of the molecule is C=C1C(=O)OC2C[C@@H]3[C@@]45CC[C@]6(C)[C@H](CC[C@@]36C)[C@H](C)CC(C=C(C)C)OC(OC)CC[C@@]4(C5)[C@H]12. The van der Waals surface area contributed by atoms with Gasteiger partial charge in [0.1, 0.15) is 6.10 Å². The number of carbonyl (C=O) groups is 1. The van der Waals surface area contributed by atoms with Crippen molar-refractivity contribution < 1.29 is 19.0 Å². The zero-order valence-electron chi connectivity index (χ0n) is 22.8. The molecule has 4 aliphatic carbocycles. The van der Waals surface area contributed by atoms with Gasteiger partial charge in [-0.15, -0.1) is 0 Å². The van der Waals surface area contributed by atoms with Crippen LogP contribution in [-0.4, -0.2) is 31.6 Å². The Balaban J connectivity index is 1.47. The summed E-state index contributed by atoms with van der Waals surface area (Å²) in [6, 6.07) is 0. The highest BCUT2D eigenvalue weighted by Crippen LogP contribution is 2.88. The van der Waals surface area contributed by atoms with Gasteiger partial charge in [-0.2, -0.15) is 0 Å². The number of esters is 1. The van der Waals surface area contributed by atoms with Crippen LogP contribution in [0.15, 0.2) is 23.8 Å². The highest BCUT2D eigenvalue weighted by molar-refractivity contribution is 5.91. The second-order valence-electron chi connectivity index (χ2n) is 14.0. The third-order valence-electron chi connectivity index (χ3n) is 12.7. The number of hydrogen-bond donors (Lipinski definition) is 0. The summed E-state index contributed by atoms with van der Waals surface area (Å²) in [5.74, 6) is 1.96. The van der Waals surface area contributed by atoms with E-state index in [0.717, 1.165) is 31.3 Å². The third kappa shape index (κ3) is 3.02. The van der Waals surface area contributed by atoms with Crippen molar-refractivity contribution in [1.29, 1.82) is 0 Å². The predicted molar refractivity (Wildman–Crippen MR) is 136 cm³/mol. The van der Waals surface area contributed by atoms with E-state index >= 15 is 0 Å². The molecule has 2 saturated heterocycles. The lowest BCUT2D eigenvalue weighted by atomic mass is 9.43. The lowest BCUT2D eigenvalue weighted by molar-refractivity contribution is -0.160. The molecule has 0 radical (unpaired) electrons. The fourth-order valence-corrected chi connectivity index (χ4v) is 11.0. The number of fused-ring (bicyclic) bond motifs is 3. The van der Waals surface area contributed by atoms with Gasteiger partial charge in [-0.25, -0.2) is 4.79 Å². The number of allylic oxidation sites excluding steroid dienone is 1. The fourth-order valence-electron chi connectivity index (χ4n) is 11.0. The average Bonchev–Trinajstić information content (AvgIpc) is 3.24. The number of methoxy groups -OCH3 is 1. The van der Waals surface area contributed by atoms with Crippen LogP contribution in [0.5, 0.6) is 0 Å². The van der Waals surface area contributed by atoms with Crippen LogP contribution in [0.1, 0.15) is 92.4 Å². The molecule has 2 heterocycles. The first-order valence-electron chi connectivity index (χ1n) is 14.2. The van der Waals surface area contributed by atoms with Crippen molar-refractivity contribution in [1.82, 2.24) is 0 Å². The zero-order valence-corrected chi connectivity index (χ0v) is 22.8. The van der Waals surface area contributed by atoms with E-state index < -0.39 is 0 Å². The molecule has 0 aromatic heterocycles. The van der Waals surface area contributed by atoms with Crippen molar-refractivity contribution in [2.45, 2.75) is 111 Å². The van der Waals surface area contributed by atoms with Gasteiger partial charge >= 0.3 is 5.97 Å². The Labute approximate surface area is 212 Å². The molecule has 194 valence electrons. The molecule has 4 nitrogen and oxygen atoms in total. The summed E-state index contributed by atoms with van der Waals surface area (Å²) < 4.78 is 18.7. The number of carbonyl (C=O) groups excluding carboxylic acids is 1. The Morgan fingerprint density at radius 2 is 1.83 bits per heavy atom. The molecular weight excluding hydrogens is 436 g/mol. The molecule has 4 saturated carbocycles. The molecule has 6 fully saturated rings. The third-order valence-corrected chi connectivity index (χ3v) is 12.7. The van der Waals surface area contributed by atoms with Gasteiger partial charge in [-0.1, -0.05) is 39.0 Å². The Bertz CT molecular complexity index is 965. The van der Waals surface area contributed by atoms with Crippen molar-refractivity contribution in [3.8, 4) is 0 Å². The van der Waals surface area contributed by atoms with Crippen LogP contribution < -0.4 is 0 Å². The maximum atomic E-state index is 12.8. The Hall–Kier alpha value is -1.13. The molecule has 35 heavy (non-hydrogen) atoms. The molecule has 0 aromatic carbocycles. The first kappa shape index (κ1) is 24.2. The van der Waals surface area contributed by atoms with E-state index in [-0.39, 0.29) is 35.8 Å². The Kier molecular flexibility index (Phi) is 5.32. The molecule has 4 heteroatoms. The van der Waals surface area contributed by atoms with Crippen molar-refractivity contribution in [3.63, 3.8) is 0 Å². The van der Waals surface area contributed by atoms with Crippen molar-refractivity contribution >= 4 is 5.97 Å². The van der Waals surface area contributed by atoms with Crippen LogP contribution in [-0.2, 0) is 19.0 Å². The highest BCUT2D eigenvalue weighted by Gasteiger charge is 2.83. The van der Waals surface area contributed by atoms with Crippen molar-refractivity contribution in [2.75, 3.05) is 7.11 Å². The van der Waals surface area contributed by atoms with E-state index in [1.165, 1.54) is 37.7 Å². The molecule has 6 rings (SSSR count). The van der Waals surface area contributed by atoms with E-state index in [4.69, 9.17) is 14.2 Å². The van der Waals surface area contributed by atoms with Gasteiger partial charge < -0.3 is 14.2 Å². The Morgan fingerprint density at radius 3 is 2.54 bits per heavy atom. The molecule has 3 unspecified atom stereocenters. The van der Waals surface area contributed by atoms with Gasteiger partial charge in [-0.3, -0.25) is 0 Å². The summed E-state index contributed by atoms with van der Waals surface area (Å²) >= 11 is 0. The van der Waals surface area contributed by atoms with Crippen LogP contribution in [0.25, 0.3) is 0 Å². The minimum atomic E-state index is -0.221. The van der Waals surface area contributed by atoms with Crippen molar-refractivity contribution in [3.05, 3.63) is 23.8 Å². The summed E-state index contributed by atoms with van der Waals surface area (Å²) in [5, 5.41) is 0. The van der Waals surface area contributed by atoms with E-state index in [1.807, 2.05) is 0 Å². The summed E-state index contributed by atoms with van der Waals surface area (Å²) in [7, 11) is 1.79. The van der Waals surface area contributed by atoms with E-state index in [1.54, 1.807) is 7.11 Å². The Morgan fingerprint density at radius 1 is 1.06 bits per heavy atom. The molecule has 2 bridgehead atoms. The van der Waals surface area contributed by atoms with E-state index in [9.17, 15) is 4.79 Å². The van der Waals surface area contributed by atoms with Crippen LogP contribution in [0.4, 0.5) is 0 Å². The van der Waals surface area contributed by atoms with E-state index in [2.05, 4.69) is 47.3 Å². The lowest BCUT2D eigenvalue weighted by Gasteiger charge is -2.61. The second kappa shape index (κ2) is 7.69. The van der Waals surface area contributed by atoms with Gasteiger partial charge in [0.25, 0.3) is 0 Å². The van der Waals surface area contributed by atoms with Gasteiger partial charge in [0, 0.05) is 18.6 Å². The van der Waals surface area contributed by atoms with Gasteiger partial charge in [-0.05, 0) is 111 Å². The monoisotopic (exact) mass is 482 g/mol. The van der Waals surface area contributed by atoms with Crippen LogP contribution in [0.2, 0.25) is 0 Å². The highest BCUT2D eigenvalue weighted by atomic mass is 16.7. The predicted octanol–water partition coefficient (Wildman–Crippen LogP) is 6.84. The quantitative estimate of drug-likeness (QED) is 0.245. The first-order valence-corrected chi connectivity index (χ1v) is 14.2. The molecule has 0 N–H and O–H groups in total. The molecule has 0 amide bonds. The molecule has 2 aliphatic heterocycles. The van der Waals surface area contributed by atoms with Crippen LogP contribution >= 0.6 is 0 Å². The molecule has 0 aromatic rings. The molecule has 6 aliphatic rings. The minimum absolute atomic E-state index is 0.0109. The van der Waals surface area contributed by atoms with Gasteiger partial charge in [0.15, 0.2) is 6.29 Å². The average molecular weight is 483 g/mol. The van der Waals surface area contributed by atoms with Crippen LogP contribution in [0, 0.1) is 45.3 Å². The fraction of sp³-hybridized carbons (Fsp3) is 0.839. The number of hydrogen-bond acceptors (Lipinski definition) is 4. The van der Waals surface area contributed by atoms with Gasteiger partial charge in [0.2, 0.25) is 0 Å². The normalized spacial score (nSPS) is 54.6. The summed E-state index contributed by atoms with van der Waals surface area (Å²) in [4.78, 5) is 12.8. The van der Waals surface area contributed by atoms with E-state index in [0.29, 0.717) is 34.0 Å². The molecule has 11 atom stereocenters. The standard InChI is InChI=1S/C31H46O4/c1-18(2)14-21-15-19(3)22-8-10-29(6)24-16-23-26(20(4)27(32)35-23)31(11-9-25(33-7)34-21)17-30(24,31)13-12-28(22,29)5/h14,19,21-26H,4,8-13,15-17H2,1-3,5-7H3/t19-,21?,22-,23?,24+,25?,26-,28-,29+,30+,31-/m1/s1. The second-order valence-corrected chi connectivity index (χ2v) is 14.0. The largest absolute Gasteiger partial charge is 0.458 e. The summed E-state index contributed by atoms with van der Waals surface area (Å²) in [6.07, 6.45) is 12.6. The summed E-state index contributed by atoms with van der Waals surface area (Å²) in [6.45, 7) is 16.4. The lowest BCUT2D eigenvalue weighted by Crippen LogP contribution is -2.56. The smallest absolute Gasteiger partial charge is 0.334 e. The maximum Gasteiger partial charge on any atom is 0.334 e. The zero-order chi connectivity index (χ0) is 25.0. The summed E-state index contributed by atoms with van der Waals surface area (Å²) in [5.41, 5.74) is 3.10. The van der Waals surface area contributed by atoms with Crippen molar-refractivity contribution in [2.24, 2.45) is 45.3 Å². The maximum absolute atomic E-state index is 12.8. The topological polar surface area (TPSA) is 44.8 Å².